The van der Waals surface area contributed by atoms with Gasteiger partial charge in [0.05, 0.1) is 6.20 Å². The van der Waals surface area contributed by atoms with Gasteiger partial charge >= 0.3 is 0 Å². The third-order valence-electron chi connectivity index (χ3n) is 6.90. The number of amides is 1. The van der Waals surface area contributed by atoms with Crippen LogP contribution in [0, 0.1) is 18.7 Å². The van der Waals surface area contributed by atoms with Crippen molar-refractivity contribution in [1.82, 2.24) is 15.2 Å². The van der Waals surface area contributed by atoms with Gasteiger partial charge in [0.15, 0.2) is 0 Å². The Morgan fingerprint density at radius 1 is 1.24 bits per heavy atom. The number of benzene rings is 1. The van der Waals surface area contributed by atoms with E-state index < -0.39 is 0 Å². The molecule has 4 rings (SSSR count). The van der Waals surface area contributed by atoms with E-state index in [-0.39, 0.29) is 36.2 Å². The van der Waals surface area contributed by atoms with Crippen LogP contribution in [-0.4, -0.2) is 54.6 Å². The van der Waals surface area contributed by atoms with Gasteiger partial charge in [0.25, 0.3) is 0 Å². The van der Waals surface area contributed by atoms with Gasteiger partial charge in [-0.1, -0.05) is 6.07 Å². The summed E-state index contributed by atoms with van der Waals surface area (Å²) < 4.78 is 18.9. The molecule has 0 unspecified atom stereocenters. The number of carbonyl (C=O) groups excluding carboxylic acids is 1. The number of anilines is 1. The molecule has 1 amide bonds. The number of rotatable bonds is 6. The molecule has 1 aliphatic carbocycles. The number of carbonyl (C=O) groups is 1. The van der Waals surface area contributed by atoms with Crippen LogP contribution in [0.1, 0.15) is 43.7 Å². The molecule has 2 fully saturated rings. The standard InChI is InChI=1S/C26H35FN4O2.ClH/c1-18-14-23(8-4-21(18)17-31-13-12-28-19(2)16-31)30(3)26(32)20-5-9-24(10-6-20)33-25-11-7-22(27)15-29-25;/h4,7-8,11,14-15,19-20,24,28H,5-6,9-10,12-13,16-17H2,1-3H3;1H/t19-,20-,24-;/m0./s1. The van der Waals surface area contributed by atoms with Gasteiger partial charge in [0.2, 0.25) is 11.8 Å². The molecule has 1 N–H and O–H groups in total. The predicted octanol–water partition coefficient (Wildman–Crippen LogP) is 4.35. The van der Waals surface area contributed by atoms with Gasteiger partial charge in [0.1, 0.15) is 11.9 Å². The van der Waals surface area contributed by atoms with Crippen LogP contribution in [0.2, 0.25) is 0 Å². The molecule has 2 heterocycles. The van der Waals surface area contributed by atoms with Crippen LogP contribution in [0.15, 0.2) is 36.5 Å². The van der Waals surface area contributed by atoms with Crippen molar-refractivity contribution in [2.45, 2.75) is 58.2 Å². The Bertz CT molecular complexity index is 950. The Morgan fingerprint density at radius 2 is 2.00 bits per heavy atom. The third-order valence-corrected chi connectivity index (χ3v) is 6.90. The minimum atomic E-state index is -0.374. The molecule has 1 saturated heterocycles. The summed E-state index contributed by atoms with van der Waals surface area (Å²) in [4.78, 5) is 21.4. The van der Waals surface area contributed by atoms with E-state index >= 15 is 0 Å². The highest BCUT2D eigenvalue weighted by atomic mass is 35.5. The number of aryl methyl sites for hydroxylation is 1. The third kappa shape index (κ3) is 6.68. The molecule has 34 heavy (non-hydrogen) atoms. The van der Waals surface area contributed by atoms with E-state index in [4.69, 9.17) is 4.74 Å². The molecule has 186 valence electrons. The quantitative estimate of drug-likeness (QED) is 0.652. The molecule has 0 spiro atoms. The number of ether oxygens (including phenoxy) is 1. The van der Waals surface area contributed by atoms with E-state index in [1.54, 1.807) is 11.0 Å². The van der Waals surface area contributed by atoms with E-state index in [1.165, 1.54) is 17.2 Å². The summed E-state index contributed by atoms with van der Waals surface area (Å²) >= 11 is 0. The largest absolute Gasteiger partial charge is 0.474 e. The second-order valence-electron chi connectivity index (χ2n) is 9.50. The van der Waals surface area contributed by atoms with Gasteiger partial charge in [-0.25, -0.2) is 9.37 Å². The van der Waals surface area contributed by atoms with Gasteiger partial charge in [-0.15, -0.1) is 12.4 Å². The molecule has 2 aliphatic rings. The fourth-order valence-electron chi connectivity index (χ4n) is 4.89. The first-order chi connectivity index (χ1) is 15.9. The van der Waals surface area contributed by atoms with Crippen LogP contribution in [0.4, 0.5) is 10.1 Å². The molecule has 0 radical (unpaired) electrons. The van der Waals surface area contributed by atoms with Crippen LogP contribution >= 0.6 is 12.4 Å². The smallest absolute Gasteiger partial charge is 0.229 e. The van der Waals surface area contributed by atoms with Crippen molar-refractivity contribution < 1.29 is 13.9 Å². The first kappa shape index (κ1) is 26.4. The van der Waals surface area contributed by atoms with Crippen LogP contribution in [-0.2, 0) is 11.3 Å². The number of nitrogens with zero attached hydrogens (tertiary/aromatic N) is 3. The maximum absolute atomic E-state index is 13.2. The zero-order valence-corrected chi connectivity index (χ0v) is 21.1. The second-order valence-corrected chi connectivity index (χ2v) is 9.50. The highest BCUT2D eigenvalue weighted by Gasteiger charge is 2.30. The lowest BCUT2D eigenvalue weighted by Crippen LogP contribution is -2.48. The minimum absolute atomic E-state index is 0. The van der Waals surface area contributed by atoms with Crippen LogP contribution in [0.25, 0.3) is 0 Å². The van der Waals surface area contributed by atoms with Gasteiger partial charge in [-0.2, -0.15) is 0 Å². The zero-order valence-electron chi connectivity index (χ0n) is 20.3. The van der Waals surface area contributed by atoms with Crippen molar-refractivity contribution in [3.8, 4) is 5.88 Å². The highest BCUT2D eigenvalue weighted by Crippen LogP contribution is 2.30. The lowest BCUT2D eigenvalue weighted by molar-refractivity contribution is -0.123. The fraction of sp³-hybridized carbons (Fsp3) is 0.538. The summed E-state index contributed by atoms with van der Waals surface area (Å²) in [6.45, 7) is 8.46. The van der Waals surface area contributed by atoms with Crippen molar-refractivity contribution in [3.63, 3.8) is 0 Å². The molecular formula is C26H36ClFN4O2. The number of halogens is 2. The summed E-state index contributed by atoms with van der Waals surface area (Å²) in [5.41, 5.74) is 3.49. The van der Waals surface area contributed by atoms with Gasteiger partial charge in [-0.3, -0.25) is 9.69 Å². The number of hydrogen-bond acceptors (Lipinski definition) is 5. The number of hydrogen-bond donors (Lipinski definition) is 1. The van der Waals surface area contributed by atoms with E-state index in [2.05, 4.69) is 47.2 Å². The minimum Gasteiger partial charge on any atom is -0.474 e. The SMILES string of the molecule is Cc1cc(N(C)C(=O)[C@H]2CC[C@H](Oc3ccc(F)cn3)CC2)ccc1CN1CCN[C@@H](C)C1.Cl. The van der Waals surface area contributed by atoms with Gasteiger partial charge in [-0.05, 0) is 68.9 Å². The molecule has 8 heteroatoms. The topological polar surface area (TPSA) is 57.7 Å². The first-order valence-electron chi connectivity index (χ1n) is 12.0. The highest BCUT2D eigenvalue weighted by molar-refractivity contribution is 5.94. The van der Waals surface area contributed by atoms with Crippen LogP contribution in [0.5, 0.6) is 5.88 Å². The Balaban J connectivity index is 0.00000324. The number of pyridine rings is 1. The monoisotopic (exact) mass is 490 g/mol. The number of aromatic nitrogens is 1. The first-order valence-corrected chi connectivity index (χ1v) is 12.0. The van der Waals surface area contributed by atoms with Crippen molar-refractivity contribution in [2.75, 3.05) is 31.6 Å². The molecule has 1 atom stereocenters. The number of piperazine rings is 1. The zero-order chi connectivity index (χ0) is 23.4. The Kier molecular flexibility index (Phi) is 9.28. The molecule has 6 nitrogen and oxygen atoms in total. The lowest BCUT2D eigenvalue weighted by atomic mass is 9.86. The summed E-state index contributed by atoms with van der Waals surface area (Å²) in [5.74, 6) is 0.227. The summed E-state index contributed by atoms with van der Waals surface area (Å²) in [6.07, 6.45) is 4.35. The van der Waals surface area contributed by atoms with Gasteiger partial charge < -0.3 is 15.0 Å². The average molecular weight is 491 g/mol. The van der Waals surface area contributed by atoms with Crippen molar-refractivity contribution in [1.29, 1.82) is 0 Å². The Morgan fingerprint density at radius 3 is 2.65 bits per heavy atom. The Hall–Kier alpha value is -2.22. The maximum Gasteiger partial charge on any atom is 0.229 e. The van der Waals surface area contributed by atoms with Crippen molar-refractivity contribution >= 4 is 24.0 Å². The van der Waals surface area contributed by atoms with E-state index in [1.807, 2.05) is 7.05 Å². The molecule has 2 aromatic rings. The van der Waals surface area contributed by atoms with Gasteiger partial charge in [0, 0.05) is 56.9 Å². The average Bonchev–Trinajstić information content (AvgIpc) is 2.81. The summed E-state index contributed by atoms with van der Waals surface area (Å²) in [5, 5.41) is 3.49. The molecule has 0 bridgehead atoms. The molecule has 1 saturated carbocycles. The number of nitrogens with one attached hydrogen (secondary N) is 1. The summed E-state index contributed by atoms with van der Waals surface area (Å²) in [6, 6.07) is 9.80. The van der Waals surface area contributed by atoms with E-state index in [0.29, 0.717) is 11.9 Å². The van der Waals surface area contributed by atoms with Crippen molar-refractivity contribution in [3.05, 3.63) is 53.5 Å². The maximum atomic E-state index is 13.2. The second kappa shape index (κ2) is 12.0. The molecular weight excluding hydrogens is 455 g/mol. The Labute approximate surface area is 208 Å². The normalized spacial score (nSPS) is 23.1. The van der Waals surface area contributed by atoms with Crippen LogP contribution in [0.3, 0.4) is 0 Å². The molecule has 1 aliphatic heterocycles. The molecule has 1 aromatic carbocycles. The predicted molar refractivity (Wildman–Crippen MR) is 135 cm³/mol. The summed E-state index contributed by atoms with van der Waals surface area (Å²) in [7, 11) is 1.87. The fourth-order valence-corrected chi connectivity index (χ4v) is 4.89. The van der Waals surface area contributed by atoms with E-state index in [0.717, 1.165) is 63.7 Å². The van der Waals surface area contributed by atoms with Crippen molar-refractivity contribution in [2.24, 2.45) is 5.92 Å². The molecule has 1 aromatic heterocycles. The lowest BCUT2D eigenvalue weighted by Gasteiger charge is -2.32. The van der Waals surface area contributed by atoms with Crippen LogP contribution < -0.4 is 15.0 Å². The van der Waals surface area contributed by atoms with E-state index in [9.17, 15) is 9.18 Å².